The molecule has 1 aliphatic heterocycles. The molecule has 0 saturated carbocycles. The van der Waals surface area contributed by atoms with Crippen LogP contribution in [0.3, 0.4) is 0 Å². The van der Waals surface area contributed by atoms with Crippen molar-refractivity contribution in [3.63, 3.8) is 0 Å². The summed E-state index contributed by atoms with van der Waals surface area (Å²) < 4.78 is 9.96. The highest BCUT2D eigenvalue weighted by atomic mass is 32.2. The lowest BCUT2D eigenvalue weighted by molar-refractivity contribution is -0.141. The zero-order chi connectivity index (χ0) is 22.5. The Morgan fingerprint density at radius 3 is 2.72 bits per heavy atom. The van der Waals surface area contributed by atoms with Crippen LogP contribution in [0.4, 0.5) is 4.79 Å². The lowest BCUT2D eigenvalue weighted by Crippen LogP contribution is -2.22. The van der Waals surface area contributed by atoms with Gasteiger partial charge in [-0.3, -0.25) is 10.3 Å². The Balaban J connectivity index is 1.36. The van der Waals surface area contributed by atoms with Gasteiger partial charge < -0.3 is 9.47 Å². The summed E-state index contributed by atoms with van der Waals surface area (Å²) in [6.07, 6.45) is -0.594. The molecule has 1 aromatic carbocycles. The zero-order valence-electron chi connectivity index (χ0n) is 16.9. The number of esters is 1. The normalized spacial score (nSPS) is 15.2. The van der Waals surface area contributed by atoms with Crippen LogP contribution in [0.15, 0.2) is 52.7 Å². The van der Waals surface area contributed by atoms with Gasteiger partial charge in [-0.15, -0.1) is 34.4 Å². The summed E-state index contributed by atoms with van der Waals surface area (Å²) in [6.45, 7) is 4.05. The minimum absolute atomic E-state index is 0.170. The maximum Gasteiger partial charge on any atom is 0.412 e. The van der Waals surface area contributed by atoms with Gasteiger partial charge in [-0.05, 0) is 5.56 Å². The molecule has 0 unspecified atom stereocenters. The first-order valence-electron chi connectivity index (χ1n) is 9.40. The van der Waals surface area contributed by atoms with Crippen LogP contribution in [-0.4, -0.2) is 46.0 Å². The molecule has 32 heavy (non-hydrogen) atoms. The summed E-state index contributed by atoms with van der Waals surface area (Å²) in [7, 11) is 1.35. The highest BCUT2D eigenvalue weighted by Crippen LogP contribution is 2.30. The van der Waals surface area contributed by atoms with E-state index in [0.717, 1.165) is 5.56 Å². The van der Waals surface area contributed by atoms with Crippen molar-refractivity contribution in [1.29, 1.82) is 0 Å². The van der Waals surface area contributed by atoms with Crippen LogP contribution in [0, 0.1) is 0 Å². The first-order chi connectivity index (χ1) is 15.5. The van der Waals surface area contributed by atoms with Crippen LogP contribution in [0.2, 0.25) is 0 Å². The lowest BCUT2D eigenvalue weighted by atomic mass is 10.2. The predicted octanol–water partition coefficient (Wildman–Crippen LogP) is 4.20. The van der Waals surface area contributed by atoms with Crippen molar-refractivity contribution >= 4 is 57.2 Å². The smallest absolute Gasteiger partial charge is 0.412 e. The summed E-state index contributed by atoms with van der Waals surface area (Å²) in [4.78, 5) is 37.2. The maximum absolute atomic E-state index is 12.0. The number of aliphatic imine (C=N–C) groups is 1. The highest BCUT2D eigenvalue weighted by molar-refractivity contribution is 8.14. The van der Waals surface area contributed by atoms with Crippen LogP contribution in [0.25, 0.3) is 16.4 Å². The molecule has 0 aliphatic carbocycles. The van der Waals surface area contributed by atoms with E-state index in [1.807, 2.05) is 41.1 Å². The second-order valence-corrected chi connectivity index (χ2v) is 9.25. The highest BCUT2D eigenvalue weighted by Gasteiger charge is 2.27. The molecule has 3 aromatic rings. The summed E-state index contributed by atoms with van der Waals surface area (Å²) >= 11 is 4.25. The van der Waals surface area contributed by atoms with Gasteiger partial charge in [0, 0.05) is 16.5 Å². The number of aromatic nitrogens is 2. The van der Waals surface area contributed by atoms with E-state index in [1.54, 1.807) is 0 Å². The fourth-order valence-corrected chi connectivity index (χ4v) is 5.33. The second kappa shape index (κ2) is 10.1. The number of amides is 1. The number of hydrogen-bond donors (Lipinski definition) is 1. The Kier molecular flexibility index (Phi) is 6.98. The number of nitrogens with zero attached hydrogens (tertiary/aromatic N) is 3. The number of thioether (sulfide) groups is 1. The van der Waals surface area contributed by atoms with Gasteiger partial charge in [0.2, 0.25) is 0 Å². The van der Waals surface area contributed by atoms with Gasteiger partial charge >= 0.3 is 12.1 Å². The standard InChI is InChI=1S/C21H18N4O4S3/c1-12(22-21(27)29-8-13-6-4-3-5-7-13)17-23-14(9-30-17)18-24-15(10-31-18)19-25-16(11-32-19)20(26)28-2/h3-7,9-10,16H,1,8,11H2,2H3,(H,22,27)/t16-/m0/s1. The van der Waals surface area contributed by atoms with E-state index in [1.165, 1.54) is 41.5 Å². The molecule has 2 aromatic heterocycles. The fraction of sp³-hybridized carbons (Fsp3) is 0.190. The topological polar surface area (TPSA) is 103 Å². The predicted molar refractivity (Wildman–Crippen MR) is 127 cm³/mol. The van der Waals surface area contributed by atoms with Crippen molar-refractivity contribution < 1.29 is 19.1 Å². The Morgan fingerprint density at radius 2 is 1.94 bits per heavy atom. The molecule has 1 aliphatic rings. The molecule has 4 rings (SSSR count). The molecule has 0 fully saturated rings. The number of thiazole rings is 2. The molecule has 3 heterocycles. The number of ether oxygens (including phenoxy) is 2. The minimum Gasteiger partial charge on any atom is -0.467 e. The van der Waals surface area contributed by atoms with Crippen molar-refractivity contribution in [2.45, 2.75) is 12.6 Å². The van der Waals surface area contributed by atoms with Crippen molar-refractivity contribution in [3.8, 4) is 10.7 Å². The van der Waals surface area contributed by atoms with Crippen molar-refractivity contribution in [2.24, 2.45) is 4.99 Å². The summed E-state index contributed by atoms with van der Waals surface area (Å²) in [6, 6.07) is 8.92. The van der Waals surface area contributed by atoms with E-state index >= 15 is 0 Å². The number of benzene rings is 1. The average molecular weight is 487 g/mol. The molecule has 11 heteroatoms. The Hall–Kier alpha value is -3.02. The van der Waals surface area contributed by atoms with Crippen LogP contribution in [-0.2, 0) is 20.9 Å². The van der Waals surface area contributed by atoms with Gasteiger partial charge in [0.15, 0.2) is 6.04 Å². The van der Waals surface area contributed by atoms with Gasteiger partial charge in [-0.2, -0.15) is 0 Å². The molecule has 0 saturated heterocycles. The van der Waals surface area contributed by atoms with Gasteiger partial charge in [0.05, 0.1) is 12.8 Å². The summed E-state index contributed by atoms with van der Waals surface area (Å²) in [5.41, 5.74) is 2.63. The number of alkyl carbamates (subject to hydrolysis) is 1. The van der Waals surface area contributed by atoms with Gasteiger partial charge in [0.1, 0.15) is 33.1 Å². The van der Waals surface area contributed by atoms with Crippen molar-refractivity contribution in [2.75, 3.05) is 12.9 Å². The molecule has 0 radical (unpaired) electrons. The fourth-order valence-electron chi connectivity index (χ4n) is 2.71. The summed E-state index contributed by atoms with van der Waals surface area (Å²) in [5.74, 6) is 0.196. The third-order valence-electron chi connectivity index (χ3n) is 4.29. The molecule has 1 amide bonds. The largest absolute Gasteiger partial charge is 0.467 e. The van der Waals surface area contributed by atoms with E-state index < -0.39 is 12.1 Å². The molecule has 164 valence electrons. The average Bonchev–Trinajstić information content (AvgIpc) is 3.57. The third kappa shape index (κ3) is 5.23. The Labute approximate surface area is 196 Å². The molecule has 0 bridgehead atoms. The van der Waals surface area contributed by atoms with Gasteiger partial charge in [-0.25, -0.2) is 19.6 Å². The molecular weight excluding hydrogens is 468 g/mol. The second-order valence-electron chi connectivity index (χ2n) is 6.53. The van der Waals surface area contributed by atoms with Crippen LogP contribution < -0.4 is 5.32 Å². The number of hydrogen-bond acceptors (Lipinski definition) is 10. The first-order valence-corrected chi connectivity index (χ1v) is 12.1. The number of carbonyl (C=O) groups excluding carboxylic acids is 2. The number of rotatable bonds is 7. The number of carbonyl (C=O) groups is 2. The van der Waals surface area contributed by atoms with E-state index in [-0.39, 0.29) is 12.6 Å². The van der Waals surface area contributed by atoms with Gasteiger partial charge in [0.25, 0.3) is 0 Å². The third-order valence-corrected chi connectivity index (χ3v) is 7.13. The first kappa shape index (κ1) is 22.2. The van der Waals surface area contributed by atoms with Crippen LogP contribution in [0.1, 0.15) is 16.3 Å². The Bertz CT molecular complexity index is 1170. The Morgan fingerprint density at radius 1 is 1.16 bits per heavy atom. The number of methoxy groups -OCH3 is 1. The quantitative estimate of drug-likeness (QED) is 0.499. The number of nitrogens with one attached hydrogen (secondary N) is 1. The summed E-state index contributed by atoms with van der Waals surface area (Å²) in [5, 5.41) is 8.33. The lowest BCUT2D eigenvalue weighted by Gasteiger charge is -2.07. The van der Waals surface area contributed by atoms with E-state index in [4.69, 9.17) is 9.47 Å². The molecule has 1 N–H and O–H groups in total. The molecular formula is C21H18N4O4S3. The van der Waals surface area contributed by atoms with Gasteiger partial charge in [-0.1, -0.05) is 36.9 Å². The van der Waals surface area contributed by atoms with Crippen LogP contribution in [0.5, 0.6) is 0 Å². The van der Waals surface area contributed by atoms with E-state index in [0.29, 0.717) is 37.9 Å². The maximum atomic E-state index is 12.0. The van der Waals surface area contributed by atoms with Crippen LogP contribution >= 0.6 is 34.4 Å². The molecule has 1 atom stereocenters. The van der Waals surface area contributed by atoms with Crippen molar-refractivity contribution in [3.05, 3.63) is 63.9 Å². The van der Waals surface area contributed by atoms with E-state index in [2.05, 4.69) is 26.9 Å². The van der Waals surface area contributed by atoms with Crippen molar-refractivity contribution in [1.82, 2.24) is 15.3 Å². The SMILES string of the molecule is C=C(NC(=O)OCc1ccccc1)c1nc(-c2nc(C3=N[C@H](C(=O)OC)CS3)cs2)cs1. The van der Waals surface area contributed by atoms with E-state index in [9.17, 15) is 9.59 Å². The molecule has 8 nitrogen and oxygen atoms in total. The monoisotopic (exact) mass is 486 g/mol. The minimum atomic E-state index is -0.594. The zero-order valence-corrected chi connectivity index (χ0v) is 19.4. The molecule has 0 spiro atoms.